The summed E-state index contributed by atoms with van der Waals surface area (Å²) in [5, 5.41) is 1.23. The molecule has 1 amide bonds. The van der Waals surface area contributed by atoms with E-state index in [4.69, 9.17) is 5.84 Å². The third-order valence-corrected chi connectivity index (χ3v) is 4.74. The van der Waals surface area contributed by atoms with Crippen molar-refractivity contribution in [3.63, 3.8) is 0 Å². The first-order valence-electron chi connectivity index (χ1n) is 6.74. The molecule has 108 valence electrons. The Morgan fingerprint density at radius 1 is 1.29 bits per heavy atom. The molecule has 0 saturated carbocycles. The van der Waals surface area contributed by atoms with E-state index in [0.717, 1.165) is 17.0 Å². The summed E-state index contributed by atoms with van der Waals surface area (Å²) in [6.07, 6.45) is 2.09. The molecule has 3 aromatic rings. The highest BCUT2D eigenvalue weighted by Gasteiger charge is 2.12. The van der Waals surface area contributed by atoms with E-state index in [2.05, 4.69) is 47.4 Å². The van der Waals surface area contributed by atoms with Crippen LogP contribution in [0.25, 0.3) is 10.9 Å². The molecular formula is C16H17N3OS. The molecule has 21 heavy (non-hydrogen) atoms. The maximum atomic E-state index is 11.6. The Kier molecular flexibility index (Phi) is 3.53. The summed E-state index contributed by atoms with van der Waals surface area (Å²) in [7, 11) is 0. The maximum Gasteiger partial charge on any atom is 0.275 e. The third kappa shape index (κ3) is 2.57. The molecule has 0 aliphatic rings. The Morgan fingerprint density at radius 2 is 2.10 bits per heavy atom. The zero-order chi connectivity index (χ0) is 15.0. The second kappa shape index (κ2) is 5.35. The molecule has 4 nitrogen and oxygen atoms in total. The molecule has 2 heterocycles. The zero-order valence-corrected chi connectivity index (χ0v) is 12.8. The number of benzene rings is 1. The first kappa shape index (κ1) is 13.9. The van der Waals surface area contributed by atoms with Gasteiger partial charge in [0.05, 0.1) is 4.88 Å². The van der Waals surface area contributed by atoms with Crippen molar-refractivity contribution in [3.8, 4) is 0 Å². The van der Waals surface area contributed by atoms with E-state index in [9.17, 15) is 4.79 Å². The van der Waals surface area contributed by atoms with E-state index >= 15 is 0 Å². The number of hydrogen-bond acceptors (Lipinski definition) is 3. The second-order valence-corrected chi connectivity index (χ2v) is 6.43. The van der Waals surface area contributed by atoms with Crippen molar-refractivity contribution in [1.29, 1.82) is 0 Å². The molecule has 1 aromatic carbocycles. The number of nitrogens with zero attached hydrogens (tertiary/aromatic N) is 1. The summed E-state index contributed by atoms with van der Waals surface area (Å²) < 4.78 is 2.21. The van der Waals surface area contributed by atoms with E-state index in [0.29, 0.717) is 4.88 Å². The predicted octanol–water partition coefficient (Wildman–Crippen LogP) is 2.97. The van der Waals surface area contributed by atoms with Crippen molar-refractivity contribution in [2.24, 2.45) is 5.84 Å². The number of fused-ring (bicyclic) bond motifs is 1. The van der Waals surface area contributed by atoms with Crippen molar-refractivity contribution in [3.05, 3.63) is 57.4 Å². The van der Waals surface area contributed by atoms with Gasteiger partial charge in [0.2, 0.25) is 0 Å². The summed E-state index contributed by atoms with van der Waals surface area (Å²) in [5.41, 5.74) is 5.79. The quantitative estimate of drug-likeness (QED) is 0.444. The van der Waals surface area contributed by atoms with Gasteiger partial charge in [0, 0.05) is 23.1 Å². The minimum absolute atomic E-state index is 0.234. The van der Waals surface area contributed by atoms with E-state index in [1.807, 2.05) is 13.0 Å². The SMILES string of the molecule is Cc1ccc2ccn(Cc3cc(C(=O)NN)sc3C)c2c1. The van der Waals surface area contributed by atoms with Gasteiger partial charge >= 0.3 is 0 Å². The minimum Gasteiger partial charge on any atom is -0.343 e. The molecule has 0 fully saturated rings. The standard InChI is InChI=1S/C16H17N3OS/c1-10-3-4-12-5-6-19(14(12)7-10)9-13-8-15(16(20)18-17)21-11(13)2/h3-8H,9,17H2,1-2H3,(H,18,20). The first-order valence-corrected chi connectivity index (χ1v) is 7.56. The van der Waals surface area contributed by atoms with Gasteiger partial charge in [-0.1, -0.05) is 12.1 Å². The van der Waals surface area contributed by atoms with E-state index in [-0.39, 0.29) is 5.91 Å². The smallest absolute Gasteiger partial charge is 0.275 e. The third-order valence-electron chi connectivity index (χ3n) is 3.65. The fourth-order valence-electron chi connectivity index (χ4n) is 2.48. The van der Waals surface area contributed by atoms with Gasteiger partial charge in [0.1, 0.15) is 0 Å². The lowest BCUT2D eigenvalue weighted by molar-refractivity contribution is 0.0957. The fourth-order valence-corrected chi connectivity index (χ4v) is 3.41. The van der Waals surface area contributed by atoms with Crippen LogP contribution in [0.1, 0.15) is 25.7 Å². The summed E-state index contributed by atoms with van der Waals surface area (Å²) in [4.78, 5) is 13.4. The number of nitrogens with one attached hydrogen (secondary N) is 1. The van der Waals surface area contributed by atoms with Crippen LogP contribution >= 0.6 is 11.3 Å². The van der Waals surface area contributed by atoms with Crippen LogP contribution in [0.2, 0.25) is 0 Å². The van der Waals surface area contributed by atoms with Crippen molar-refractivity contribution in [1.82, 2.24) is 9.99 Å². The number of hydrogen-bond donors (Lipinski definition) is 2. The van der Waals surface area contributed by atoms with Crippen LogP contribution in [-0.2, 0) is 6.54 Å². The number of rotatable bonds is 3. The van der Waals surface area contributed by atoms with Gasteiger partial charge < -0.3 is 4.57 Å². The largest absolute Gasteiger partial charge is 0.343 e. The number of nitrogens with two attached hydrogens (primary N) is 1. The molecule has 0 atom stereocenters. The summed E-state index contributed by atoms with van der Waals surface area (Å²) in [6.45, 7) is 4.88. The van der Waals surface area contributed by atoms with Crippen LogP contribution in [0.3, 0.4) is 0 Å². The van der Waals surface area contributed by atoms with E-state index in [1.54, 1.807) is 0 Å². The highest BCUT2D eigenvalue weighted by atomic mass is 32.1. The fraction of sp³-hybridized carbons (Fsp3) is 0.188. The average Bonchev–Trinajstić information content (AvgIpc) is 3.03. The molecule has 0 bridgehead atoms. The van der Waals surface area contributed by atoms with Crippen LogP contribution in [0.5, 0.6) is 0 Å². The van der Waals surface area contributed by atoms with E-state index < -0.39 is 0 Å². The Labute approximate surface area is 127 Å². The van der Waals surface area contributed by atoms with Gasteiger partial charge in [-0.3, -0.25) is 10.2 Å². The normalized spacial score (nSPS) is 11.0. The lowest BCUT2D eigenvalue weighted by Gasteiger charge is -2.05. The van der Waals surface area contributed by atoms with Crippen LogP contribution < -0.4 is 11.3 Å². The van der Waals surface area contributed by atoms with Crippen molar-refractivity contribution in [2.75, 3.05) is 0 Å². The number of amides is 1. The summed E-state index contributed by atoms with van der Waals surface area (Å²) in [6, 6.07) is 10.5. The van der Waals surface area contributed by atoms with Crippen LogP contribution in [0.15, 0.2) is 36.5 Å². The number of aromatic nitrogens is 1. The molecule has 3 N–H and O–H groups in total. The van der Waals surface area contributed by atoms with Gasteiger partial charge in [-0.25, -0.2) is 5.84 Å². The van der Waals surface area contributed by atoms with Gasteiger partial charge in [-0.2, -0.15) is 0 Å². The Bertz CT molecular complexity index is 816. The highest BCUT2D eigenvalue weighted by molar-refractivity contribution is 7.14. The summed E-state index contributed by atoms with van der Waals surface area (Å²) in [5.74, 6) is 4.96. The lowest BCUT2D eigenvalue weighted by Crippen LogP contribution is -2.29. The minimum atomic E-state index is -0.234. The Morgan fingerprint density at radius 3 is 2.86 bits per heavy atom. The average molecular weight is 299 g/mol. The highest BCUT2D eigenvalue weighted by Crippen LogP contribution is 2.25. The number of nitrogen functional groups attached to an aromatic ring is 1. The van der Waals surface area contributed by atoms with Crippen LogP contribution in [0.4, 0.5) is 0 Å². The van der Waals surface area contributed by atoms with Crippen molar-refractivity contribution in [2.45, 2.75) is 20.4 Å². The molecule has 0 spiro atoms. The number of carbonyl (C=O) groups excluding carboxylic acids is 1. The summed E-state index contributed by atoms with van der Waals surface area (Å²) >= 11 is 1.47. The molecule has 0 saturated heterocycles. The molecule has 0 radical (unpaired) electrons. The maximum absolute atomic E-state index is 11.6. The van der Waals surface area contributed by atoms with Gasteiger partial charge in [0.15, 0.2) is 0 Å². The van der Waals surface area contributed by atoms with E-state index in [1.165, 1.54) is 27.8 Å². The van der Waals surface area contributed by atoms with Gasteiger partial charge in [-0.15, -0.1) is 11.3 Å². The molecule has 5 heteroatoms. The Hall–Kier alpha value is -2.11. The number of thiophene rings is 1. The lowest BCUT2D eigenvalue weighted by atomic mass is 10.2. The predicted molar refractivity (Wildman–Crippen MR) is 86.5 cm³/mol. The monoisotopic (exact) mass is 299 g/mol. The van der Waals surface area contributed by atoms with Gasteiger partial charge in [-0.05, 0) is 48.6 Å². The number of aryl methyl sites for hydroxylation is 2. The Balaban J connectivity index is 1.97. The number of hydrazine groups is 1. The topological polar surface area (TPSA) is 60.0 Å². The molecule has 2 aromatic heterocycles. The van der Waals surface area contributed by atoms with Gasteiger partial charge in [0.25, 0.3) is 5.91 Å². The second-order valence-electron chi connectivity index (χ2n) is 5.17. The molecule has 0 unspecified atom stereocenters. The molecule has 3 rings (SSSR count). The molecule has 0 aliphatic heterocycles. The molecule has 0 aliphatic carbocycles. The zero-order valence-electron chi connectivity index (χ0n) is 12.0. The van der Waals surface area contributed by atoms with Crippen LogP contribution in [0, 0.1) is 13.8 Å². The first-order chi connectivity index (χ1) is 10.1. The van der Waals surface area contributed by atoms with Crippen molar-refractivity contribution >= 4 is 28.1 Å². The molecular weight excluding hydrogens is 282 g/mol. The van der Waals surface area contributed by atoms with Crippen molar-refractivity contribution < 1.29 is 4.79 Å². The number of carbonyl (C=O) groups is 1. The van der Waals surface area contributed by atoms with Crippen LogP contribution in [-0.4, -0.2) is 10.5 Å².